The van der Waals surface area contributed by atoms with Crippen LogP contribution in [0.25, 0.3) is 0 Å². The number of amides is 2. The van der Waals surface area contributed by atoms with Crippen molar-refractivity contribution in [3.63, 3.8) is 0 Å². The van der Waals surface area contributed by atoms with Gasteiger partial charge in [0.05, 0.1) is 0 Å². The van der Waals surface area contributed by atoms with Crippen molar-refractivity contribution in [3.05, 3.63) is 22.3 Å². The SMILES string of the molecule is CC1=C(C)C(=O)N(CC(F)(F)F)C1=O.CC1=C(C)C(=O)OC1=O. The fourth-order valence-electron chi connectivity index (χ4n) is 1.68. The van der Waals surface area contributed by atoms with Gasteiger partial charge >= 0.3 is 18.1 Å². The minimum absolute atomic E-state index is 0.0826. The van der Waals surface area contributed by atoms with Crippen LogP contribution in [0.5, 0.6) is 0 Å². The van der Waals surface area contributed by atoms with Gasteiger partial charge in [-0.25, -0.2) is 9.59 Å². The maximum atomic E-state index is 11.9. The van der Waals surface area contributed by atoms with E-state index in [1.807, 2.05) is 0 Å². The van der Waals surface area contributed by atoms with Gasteiger partial charge in [0.1, 0.15) is 6.54 Å². The smallest absolute Gasteiger partial charge is 0.386 e. The van der Waals surface area contributed by atoms with Crippen molar-refractivity contribution in [2.45, 2.75) is 33.9 Å². The van der Waals surface area contributed by atoms with E-state index in [1.165, 1.54) is 13.8 Å². The number of nitrogens with zero attached hydrogens (tertiary/aromatic N) is 1. The molecule has 0 spiro atoms. The summed E-state index contributed by atoms with van der Waals surface area (Å²) in [5.74, 6) is -2.75. The number of carbonyl (C=O) groups is 4. The van der Waals surface area contributed by atoms with Gasteiger partial charge in [0.2, 0.25) is 0 Å². The van der Waals surface area contributed by atoms with E-state index in [0.29, 0.717) is 11.1 Å². The highest BCUT2D eigenvalue weighted by Gasteiger charge is 2.41. The van der Waals surface area contributed by atoms with E-state index < -0.39 is 36.5 Å². The van der Waals surface area contributed by atoms with Crippen molar-refractivity contribution >= 4 is 23.8 Å². The Morgan fingerprint density at radius 3 is 1.35 bits per heavy atom. The molecule has 126 valence electrons. The molecule has 0 N–H and O–H groups in total. The van der Waals surface area contributed by atoms with Gasteiger partial charge in [-0.05, 0) is 27.7 Å². The van der Waals surface area contributed by atoms with Crippen molar-refractivity contribution in [1.82, 2.24) is 4.90 Å². The van der Waals surface area contributed by atoms with E-state index in [2.05, 4.69) is 4.74 Å². The third kappa shape index (κ3) is 4.05. The maximum Gasteiger partial charge on any atom is 0.406 e. The molecule has 0 aromatic rings. The van der Waals surface area contributed by atoms with Crippen LogP contribution < -0.4 is 0 Å². The number of rotatable bonds is 1. The molecule has 2 aliphatic rings. The molecule has 0 atom stereocenters. The second-order valence-electron chi connectivity index (χ2n) is 4.99. The highest BCUT2D eigenvalue weighted by atomic mass is 19.4. The second kappa shape index (κ2) is 6.35. The molecule has 0 fully saturated rings. The van der Waals surface area contributed by atoms with Crippen molar-refractivity contribution in [2.75, 3.05) is 6.54 Å². The maximum absolute atomic E-state index is 11.9. The van der Waals surface area contributed by atoms with Gasteiger partial charge in [-0.3, -0.25) is 14.5 Å². The number of carbonyl (C=O) groups excluding carboxylic acids is 4. The molecule has 0 radical (unpaired) electrons. The van der Waals surface area contributed by atoms with E-state index in [0.717, 1.165) is 0 Å². The molecule has 0 saturated heterocycles. The molecule has 2 aliphatic heterocycles. The van der Waals surface area contributed by atoms with Crippen LogP contribution in [-0.2, 0) is 23.9 Å². The van der Waals surface area contributed by atoms with E-state index >= 15 is 0 Å². The summed E-state index contributed by atoms with van der Waals surface area (Å²) in [7, 11) is 0. The summed E-state index contributed by atoms with van der Waals surface area (Å²) in [5, 5.41) is 0. The standard InChI is InChI=1S/C8H8F3NO2.C6H6O3/c1-4-5(2)7(14)12(6(4)13)3-8(9,10)11;1-3-4(2)6(8)9-5(3)7/h3H2,1-2H3;1-2H3. The second-order valence-corrected chi connectivity index (χ2v) is 4.99. The Labute approximate surface area is 129 Å². The van der Waals surface area contributed by atoms with Crippen LogP contribution in [0.2, 0.25) is 0 Å². The third-order valence-corrected chi connectivity index (χ3v) is 3.39. The zero-order valence-corrected chi connectivity index (χ0v) is 12.8. The van der Waals surface area contributed by atoms with Crippen molar-refractivity contribution < 1.29 is 37.1 Å². The van der Waals surface area contributed by atoms with Gasteiger partial charge in [0.25, 0.3) is 11.8 Å². The predicted molar refractivity (Wildman–Crippen MR) is 70.6 cm³/mol. The average molecular weight is 333 g/mol. The lowest BCUT2D eigenvalue weighted by atomic mass is 10.2. The van der Waals surface area contributed by atoms with E-state index in [1.54, 1.807) is 13.8 Å². The monoisotopic (exact) mass is 333 g/mol. The number of imide groups is 1. The number of halogens is 3. The van der Waals surface area contributed by atoms with E-state index in [4.69, 9.17) is 0 Å². The van der Waals surface area contributed by atoms with Gasteiger partial charge in [0, 0.05) is 22.3 Å². The quantitative estimate of drug-likeness (QED) is 0.414. The highest BCUT2D eigenvalue weighted by molar-refractivity contribution is 6.18. The van der Waals surface area contributed by atoms with Gasteiger partial charge in [0.15, 0.2) is 0 Å². The van der Waals surface area contributed by atoms with Crippen LogP contribution in [0.15, 0.2) is 22.3 Å². The Bertz CT molecular complexity index is 612. The zero-order valence-electron chi connectivity index (χ0n) is 12.8. The number of ether oxygens (including phenoxy) is 1. The lowest BCUT2D eigenvalue weighted by Crippen LogP contribution is -2.39. The lowest BCUT2D eigenvalue weighted by Gasteiger charge is -2.16. The molecule has 23 heavy (non-hydrogen) atoms. The van der Waals surface area contributed by atoms with Crippen molar-refractivity contribution in [2.24, 2.45) is 0 Å². The van der Waals surface area contributed by atoms with Crippen LogP contribution in [0, 0.1) is 0 Å². The summed E-state index contributed by atoms with van der Waals surface area (Å²) >= 11 is 0. The number of alkyl halides is 3. The minimum atomic E-state index is -4.55. The molecule has 2 amide bonds. The lowest BCUT2D eigenvalue weighted by molar-refractivity contribution is -0.164. The summed E-state index contributed by atoms with van der Waals surface area (Å²) in [4.78, 5) is 43.5. The normalized spacial score (nSPS) is 18.7. The summed E-state index contributed by atoms with van der Waals surface area (Å²) in [6, 6.07) is 0. The molecule has 0 aliphatic carbocycles. The van der Waals surface area contributed by atoms with Crippen LogP contribution in [0.3, 0.4) is 0 Å². The molecule has 2 heterocycles. The minimum Gasteiger partial charge on any atom is -0.386 e. The molecule has 9 heteroatoms. The zero-order chi connectivity index (χ0) is 18.1. The molecular formula is C14H14F3NO5. The molecule has 0 unspecified atom stereocenters. The first-order valence-corrected chi connectivity index (χ1v) is 6.41. The van der Waals surface area contributed by atoms with E-state index in [9.17, 15) is 32.3 Å². The molecule has 6 nitrogen and oxygen atoms in total. The summed E-state index contributed by atoms with van der Waals surface area (Å²) in [6.07, 6.45) is -4.55. The third-order valence-electron chi connectivity index (χ3n) is 3.39. The van der Waals surface area contributed by atoms with Crippen molar-refractivity contribution in [3.8, 4) is 0 Å². The Balaban J connectivity index is 0.000000253. The highest BCUT2D eigenvalue weighted by Crippen LogP contribution is 2.24. The molecule has 0 aromatic carbocycles. The Morgan fingerprint density at radius 2 is 1.13 bits per heavy atom. The summed E-state index contributed by atoms with van der Waals surface area (Å²) in [5.41, 5.74) is 0.999. The molecule has 2 rings (SSSR count). The van der Waals surface area contributed by atoms with Gasteiger partial charge in [-0.2, -0.15) is 13.2 Å². The number of hydrogen-bond donors (Lipinski definition) is 0. The largest absolute Gasteiger partial charge is 0.406 e. The number of cyclic esters (lactones) is 2. The van der Waals surface area contributed by atoms with Crippen LogP contribution in [0.1, 0.15) is 27.7 Å². The Morgan fingerprint density at radius 1 is 0.783 bits per heavy atom. The molecular weight excluding hydrogens is 319 g/mol. The molecule has 0 bridgehead atoms. The van der Waals surface area contributed by atoms with Crippen LogP contribution >= 0.6 is 0 Å². The van der Waals surface area contributed by atoms with E-state index in [-0.39, 0.29) is 16.0 Å². The van der Waals surface area contributed by atoms with Crippen molar-refractivity contribution in [1.29, 1.82) is 0 Å². The molecule has 0 saturated carbocycles. The first-order chi connectivity index (χ1) is 10.4. The van der Waals surface area contributed by atoms with Gasteiger partial charge in [-0.1, -0.05) is 0 Å². The summed E-state index contributed by atoms with van der Waals surface area (Å²) < 4.78 is 40.1. The Kier molecular flexibility index (Phi) is 5.13. The fraction of sp³-hybridized carbons (Fsp3) is 0.429. The Hall–Kier alpha value is -2.45. The molecule has 0 aromatic heterocycles. The number of hydrogen-bond acceptors (Lipinski definition) is 5. The van der Waals surface area contributed by atoms with Crippen LogP contribution in [0.4, 0.5) is 13.2 Å². The van der Waals surface area contributed by atoms with Gasteiger partial charge < -0.3 is 4.74 Å². The first kappa shape index (κ1) is 18.6. The number of esters is 2. The average Bonchev–Trinajstić information content (AvgIpc) is 2.76. The van der Waals surface area contributed by atoms with Crippen LogP contribution in [-0.4, -0.2) is 41.4 Å². The van der Waals surface area contributed by atoms with Gasteiger partial charge in [-0.15, -0.1) is 0 Å². The topological polar surface area (TPSA) is 80.8 Å². The summed E-state index contributed by atoms with van der Waals surface area (Å²) in [6.45, 7) is 4.31. The predicted octanol–water partition coefficient (Wildman–Crippen LogP) is 1.66. The fourth-order valence-corrected chi connectivity index (χ4v) is 1.68. The first-order valence-electron chi connectivity index (χ1n) is 6.41.